The summed E-state index contributed by atoms with van der Waals surface area (Å²) in [5.74, 6) is 1.35. The first kappa shape index (κ1) is 21.2. The SMILES string of the molecule is CCOc1ccccc1C(=O)N1CCN(Cc2nc3sc4c(c3c(=O)[nH]2)CCCC4)CC1. The molecule has 0 atom stereocenters. The van der Waals surface area contributed by atoms with E-state index in [0.717, 1.165) is 42.6 Å². The monoisotopic (exact) mass is 452 g/mol. The third-order valence-electron chi connectivity index (χ3n) is 6.32. The highest BCUT2D eigenvalue weighted by atomic mass is 32.1. The molecular formula is C24H28N4O3S. The quantitative estimate of drug-likeness (QED) is 0.643. The predicted molar refractivity (Wildman–Crippen MR) is 126 cm³/mol. The number of aryl methyl sites for hydroxylation is 2. The molecule has 1 aromatic carbocycles. The van der Waals surface area contributed by atoms with Crippen LogP contribution in [-0.4, -0.2) is 58.5 Å². The molecule has 0 bridgehead atoms. The largest absolute Gasteiger partial charge is 0.493 e. The Morgan fingerprint density at radius 2 is 1.94 bits per heavy atom. The van der Waals surface area contributed by atoms with Gasteiger partial charge in [-0.15, -0.1) is 11.3 Å². The number of aromatic amines is 1. The fourth-order valence-electron chi connectivity index (χ4n) is 4.70. The topological polar surface area (TPSA) is 78.5 Å². The van der Waals surface area contributed by atoms with E-state index in [4.69, 9.17) is 9.72 Å². The summed E-state index contributed by atoms with van der Waals surface area (Å²) >= 11 is 1.68. The summed E-state index contributed by atoms with van der Waals surface area (Å²) in [6.07, 6.45) is 4.40. The zero-order chi connectivity index (χ0) is 22.1. The summed E-state index contributed by atoms with van der Waals surface area (Å²) in [4.78, 5) is 39.9. The number of hydrogen-bond acceptors (Lipinski definition) is 6. The molecule has 0 saturated carbocycles. The molecule has 7 nitrogen and oxygen atoms in total. The van der Waals surface area contributed by atoms with Crippen molar-refractivity contribution in [3.63, 3.8) is 0 Å². The van der Waals surface area contributed by atoms with E-state index in [0.29, 0.717) is 43.4 Å². The Kier molecular flexibility index (Phi) is 5.97. The number of benzene rings is 1. The van der Waals surface area contributed by atoms with Gasteiger partial charge in [0.2, 0.25) is 0 Å². The minimum absolute atomic E-state index is 0.00539. The lowest BCUT2D eigenvalue weighted by Gasteiger charge is -2.34. The van der Waals surface area contributed by atoms with Crippen molar-refractivity contribution in [3.05, 3.63) is 56.4 Å². The second-order valence-electron chi connectivity index (χ2n) is 8.40. The minimum Gasteiger partial charge on any atom is -0.493 e. The van der Waals surface area contributed by atoms with Gasteiger partial charge >= 0.3 is 0 Å². The number of fused-ring (bicyclic) bond motifs is 3. The maximum absolute atomic E-state index is 13.0. The Morgan fingerprint density at radius 3 is 2.75 bits per heavy atom. The Bertz CT molecular complexity index is 1190. The van der Waals surface area contributed by atoms with Crippen LogP contribution in [0, 0.1) is 0 Å². The zero-order valence-corrected chi connectivity index (χ0v) is 19.2. The standard InChI is InChI=1S/C24H28N4O3S/c1-2-31-18-9-5-3-7-16(18)24(30)28-13-11-27(12-14-28)15-20-25-22(29)21-17-8-4-6-10-19(17)32-23(21)26-20/h3,5,7,9H,2,4,6,8,10-15H2,1H3,(H,25,26,29). The van der Waals surface area contributed by atoms with Crippen LogP contribution in [0.1, 0.15) is 46.4 Å². The molecular weight excluding hydrogens is 424 g/mol. The van der Waals surface area contributed by atoms with Crippen molar-refractivity contribution in [3.8, 4) is 5.75 Å². The third kappa shape index (κ3) is 4.04. The molecule has 1 N–H and O–H groups in total. The first-order valence-electron chi connectivity index (χ1n) is 11.4. The third-order valence-corrected chi connectivity index (χ3v) is 7.51. The Labute approximate surface area is 191 Å². The van der Waals surface area contributed by atoms with Crippen molar-refractivity contribution in [2.45, 2.75) is 39.2 Å². The highest BCUT2D eigenvalue weighted by molar-refractivity contribution is 7.18. The fraction of sp³-hybridized carbons (Fsp3) is 0.458. The summed E-state index contributed by atoms with van der Waals surface area (Å²) in [5, 5.41) is 0.803. The van der Waals surface area contributed by atoms with E-state index in [1.165, 1.54) is 16.9 Å². The molecule has 0 spiro atoms. The lowest BCUT2D eigenvalue weighted by atomic mass is 9.97. The smallest absolute Gasteiger partial charge is 0.259 e. The molecule has 3 heterocycles. The number of para-hydroxylation sites is 1. The van der Waals surface area contributed by atoms with Gasteiger partial charge in [0.15, 0.2) is 0 Å². The average Bonchev–Trinajstić information content (AvgIpc) is 3.18. The van der Waals surface area contributed by atoms with Gasteiger partial charge in [0.25, 0.3) is 11.5 Å². The maximum Gasteiger partial charge on any atom is 0.259 e. The summed E-state index contributed by atoms with van der Waals surface area (Å²) < 4.78 is 5.63. The number of piperazine rings is 1. The highest BCUT2D eigenvalue weighted by Crippen LogP contribution is 2.33. The van der Waals surface area contributed by atoms with Crippen molar-refractivity contribution in [2.75, 3.05) is 32.8 Å². The number of nitrogens with one attached hydrogen (secondary N) is 1. The number of rotatable bonds is 5. The number of amides is 1. The molecule has 1 saturated heterocycles. The van der Waals surface area contributed by atoms with Crippen LogP contribution in [0.4, 0.5) is 0 Å². The molecule has 1 aliphatic carbocycles. The highest BCUT2D eigenvalue weighted by Gasteiger charge is 2.25. The van der Waals surface area contributed by atoms with Crippen LogP contribution < -0.4 is 10.3 Å². The molecule has 32 heavy (non-hydrogen) atoms. The van der Waals surface area contributed by atoms with Gasteiger partial charge in [-0.1, -0.05) is 12.1 Å². The Balaban J connectivity index is 1.26. The van der Waals surface area contributed by atoms with Gasteiger partial charge in [-0.3, -0.25) is 14.5 Å². The lowest BCUT2D eigenvalue weighted by molar-refractivity contribution is 0.0621. The van der Waals surface area contributed by atoms with Crippen LogP contribution in [0.25, 0.3) is 10.2 Å². The van der Waals surface area contributed by atoms with Gasteiger partial charge in [-0.05, 0) is 50.3 Å². The van der Waals surface area contributed by atoms with Crippen LogP contribution in [0.2, 0.25) is 0 Å². The molecule has 5 rings (SSSR count). The summed E-state index contributed by atoms with van der Waals surface area (Å²) in [5.41, 5.74) is 1.82. The normalized spacial score (nSPS) is 16.8. The molecule has 2 aliphatic rings. The first-order chi connectivity index (χ1) is 15.6. The van der Waals surface area contributed by atoms with Crippen molar-refractivity contribution in [1.29, 1.82) is 0 Å². The average molecular weight is 453 g/mol. The lowest BCUT2D eigenvalue weighted by Crippen LogP contribution is -2.48. The Hall–Kier alpha value is -2.71. The molecule has 1 aliphatic heterocycles. The van der Waals surface area contributed by atoms with Crippen LogP contribution in [-0.2, 0) is 19.4 Å². The van der Waals surface area contributed by atoms with Crippen molar-refractivity contribution in [2.24, 2.45) is 0 Å². The molecule has 168 valence electrons. The van der Waals surface area contributed by atoms with Crippen molar-refractivity contribution in [1.82, 2.24) is 19.8 Å². The summed E-state index contributed by atoms with van der Waals surface area (Å²) in [6, 6.07) is 7.42. The van der Waals surface area contributed by atoms with Crippen LogP contribution >= 0.6 is 11.3 Å². The van der Waals surface area contributed by atoms with E-state index in [9.17, 15) is 9.59 Å². The summed E-state index contributed by atoms with van der Waals surface area (Å²) in [7, 11) is 0. The van der Waals surface area contributed by atoms with E-state index >= 15 is 0 Å². The van der Waals surface area contributed by atoms with Gasteiger partial charge in [-0.25, -0.2) is 4.98 Å². The number of hydrogen-bond donors (Lipinski definition) is 1. The van der Waals surface area contributed by atoms with Gasteiger partial charge < -0.3 is 14.6 Å². The van der Waals surface area contributed by atoms with E-state index in [1.54, 1.807) is 11.3 Å². The molecule has 2 aromatic heterocycles. The molecule has 1 fully saturated rings. The van der Waals surface area contributed by atoms with E-state index in [-0.39, 0.29) is 11.5 Å². The Morgan fingerprint density at radius 1 is 1.16 bits per heavy atom. The number of H-pyrrole nitrogens is 1. The van der Waals surface area contributed by atoms with Crippen molar-refractivity contribution >= 4 is 27.5 Å². The second-order valence-corrected chi connectivity index (χ2v) is 9.48. The number of aromatic nitrogens is 2. The molecule has 0 radical (unpaired) electrons. The van der Waals surface area contributed by atoms with Crippen LogP contribution in [0.5, 0.6) is 5.75 Å². The number of carbonyl (C=O) groups excluding carboxylic acids is 1. The number of carbonyl (C=O) groups is 1. The second kappa shape index (κ2) is 9.03. The first-order valence-corrected chi connectivity index (χ1v) is 12.2. The number of nitrogens with zero attached hydrogens (tertiary/aromatic N) is 3. The minimum atomic E-state index is -0.00857. The van der Waals surface area contributed by atoms with Gasteiger partial charge in [0.05, 0.1) is 24.1 Å². The van der Waals surface area contributed by atoms with E-state index in [2.05, 4.69) is 9.88 Å². The molecule has 8 heteroatoms. The van der Waals surface area contributed by atoms with E-state index in [1.807, 2.05) is 36.1 Å². The number of thiophene rings is 1. The summed E-state index contributed by atoms with van der Waals surface area (Å²) in [6.45, 7) is 5.79. The van der Waals surface area contributed by atoms with Gasteiger partial charge in [0, 0.05) is 31.1 Å². The fourth-order valence-corrected chi connectivity index (χ4v) is 5.98. The van der Waals surface area contributed by atoms with Gasteiger partial charge in [0.1, 0.15) is 16.4 Å². The van der Waals surface area contributed by atoms with Gasteiger partial charge in [-0.2, -0.15) is 0 Å². The zero-order valence-electron chi connectivity index (χ0n) is 18.4. The van der Waals surface area contributed by atoms with Crippen molar-refractivity contribution < 1.29 is 9.53 Å². The maximum atomic E-state index is 13.0. The molecule has 3 aromatic rings. The molecule has 1 amide bonds. The van der Waals surface area contributed by atoms with E-state index < -0.39 is 0 Å². The number of ether oxygens (including phenoxy) is 1. The predicted octanol–water partition coefficient (Wildman–Crippen LogP) is 3.22. The molecule has 0 unspecified atom stereocenters. The van der Waals surface area contributed by atoms with Crippen LogP contribution in [0.3, 0.4) is 0 Å². The van der Waals surface area contributed by atoms with Crippen LogP contribution in [0.15, 0.2) is 29.1 Å².